The highest BCUT2D eigenvalue weighted by atomic mass is 16.2. The Hall–Kier alpha value is -3.19. The SMILES string of the molecule is Cc1cccc(NC(=O)CN2CCN(C(=O)C[C@@H](C)NC(=O)c3ccccc3)CC2)c1C. The summed E-state index contributed by atoms with van der Waals surface area (Å²) in [4.78, 5) is 41.2. The van der Waals surface area contributed by atoms with Gasteiger partial charge in [-0.15, -0.1) is 0 Å². The summed E-state index contributed by atoms with van der Waals surface area (Å²) in [5.41, 5.74) is 3.64. The number of carbonyl (C=O) groups is 3. The molecule has 0 saturated carbocycles. The molecule has 0 unspecified atom stereocenters. The maximum atomic E-state index is 12.6. The molecule has 0 aliphatic carbocycles. The summed E-state index contributed by atoms with van der Waals surface area (Å²) in [6, 6.07) is 14.6. The summed E-state index contributed by atoms with van der Waals surface area (Å²) in [6.07, 6.45) is 0.256. The molecule has 1 heterocycles. The molecule has 1 atom stereocenters. The summed E-state index contributed by atoms with van der Waals surface area (Å²) >= 11 is 0. The largest absolute Gasteiger partial charge is 0.349 e. The first-order valence-electron chi connectivity index (χ1n) is 11.1. The zero-order valence-corrected chi connectivity index (χ0v) is 19.1. The van der Waals surface area contributed by atoms with E-state index in [4.69, 9.17) is 0 Å². The van der Waals surface area contributed by atoms with Crippen LogP contribution in [0.5, 0.6) is 0 Å². The van der Waals surface area contributed by atoms with Gasteiger partial charge in [0.15, 0.2) is 0 Å². The third-order valence-corrected chi connectivity index (χ3v) is 5.87. The molecule has 0 bridgehead atoms. The predicted octanol–water partition coefficient (Wildman–Crippen LogP) is 2.59. The fraction of sp³-hybridized carbons (Fsp3) is 0.400. The highest BCUT2D eigenvalue weighted by Crippen LogP contribution is 2.18. The molecule has 3 amide bonds. The fourth-order valence-electron chi connectivity index (χ4n) is 3.77. The minimum absolute atomic E-state index is 0.0188. The van der Waals surface area contributed by atoms with Crippen LogP contribution in [-0.2, 0) is 9.59 Å². The maximum absolute atomic E-state index is 12.6. The lowest BCUT2D eigenvalue weighted by Gasteiger charge is -2.35. The van der Waals surface area contributed by atoms with E-state index in [0.717, 1.165) is 16.8 Å². The lowest BCUT2D eigenvalue weighted by Crippen LogP contribution is -2.51. The van der Waals surface area contributed by atoms with Gasteiger partial charge >= 0.3 is 0 Å². The van der Waals surface area contributed by atoms with Crippen LogP contribution in [0.15, 0.2) is 48.5 Å². The van der Waals surface area contributed by atoms with Crippen LogP contribution >= 0.6 is 0 Å². The first-order valence-corrected chi connectivity index (χ1v) is 11.1. The Morgan fingerprint density at radius 3 is 2.31 bits per heavy atom. The quantitative estimate of drug-likeness (QED) is 0.699. The van der Waals surface area contributed by atoms with Gasteiger partial charge in [0.1, 0.15) is 0 Å². The van der Waals surface area contributed by atoms with E-state index in [2.05, 4.69) is 15.5 Å². The van der Waals surface area contributed by atoms with Crippen LogP contribution in [0.2, 0.25) is 0 Å². The molecule has 1 aliphatic heterocycles. The van der Waals surface area contributed by atoms with Crippen LogP contribution in [0.4, 0.5) is 5.69 Å². The second-order valence-corrected chi connectivity index (χ2v) is 8.40. The number of rotatable bonds is 7. The molecule has 32 heavy (non-hydrogen) atoms. The average Bonchev–Trinajstić information content (AvgIpc) is 2.78. The third kappa shape index (κ3) is 6.40. The standard InChI is InChI=1S/C25H32N4O3/c1-18-8-7-11-22(20(18)3)27-23(30)17-28-12-14-29(15-13-28)24(31)16-19(2)26-25(32)21-9-5-4-6-10-21/h4-11,19H,12-17H2,1-3H3,(H,26,32)(H,27,30)/t19-/m1/s1. The van der Waals surface area contributed by atoms with Crippen molar-refractivity contribution in [1.29, 1.82) is 0 Å². The molecule has 3 rings (SSSR count). The van der Waals surface area contributed by atoms with Crippen LogP contribution in [0.25, 0.3) is 0 Å². The first-order chi connectivity index (χ1) is 15.3. The van der Waals surface area contributed by atoms with E-state index in [1.807, 2.05) is 62.1 Å². The van der Waals surface area contributed by atoms with Gasteiger partial charge in [-0.3, -0.25) is 19.3 Å². The van der Waals surface area contributed by atoms with Crippen LogP contribution in [0.3, 0.4) is 0 Å². The maximum Gasteiger partial charge on any atom is 0.251 e. The van der Waals surface area contributed by atoms with E-state index in [0.29, 0.717) is 38.3 Å². The minimum atomic E-state index is -0.253. The number of hydrogen-bond donors (Lipinski definition) is 2. The van der Waals surface area contributed by atoms with Crippen LogP contribution in [0.1, 0.15) is 34.8 Å². The topological polar surface area (TPSA) is 81.8 Å². The van der Waals surface area contributed by atoms with Gasteiger partial charge < -0.3 is 15.5 Å². The summed E-state index contributed by atoms with van der Waals surface area (Å²) in [5.74, 6) is -0.202. The molecule has 170 valence electrons. The lowest BCUT2D eigenvalue weighted by molar-refractivity contribution is -0.133. The molecule has 7 heteroatoms. The number of hydrogen-bond acceptors (Lipinski definition) is 4. The van der Waals surface area contributed by atoms with E-state index in [-0.39, 0.29) is 30.2 Å². The van der Waals surface area contributed by atoms with Crippen molar-refractivity contribution in [1.82, 2.24) is 15.1 Å². The number of piperazine rings is 1. The highest BCUT2D eigenvalue weighted by Gasteiger charge is 2.24. The molecule has 1 saturated heterocycles. The Morgan fingerprint density at radius 2 is 1.62 bits per heavy atom. The molecule has 0 radical (unpaired) electrons. The van der Waals surface area contributed by atoms with Crippen molar-refractivity contribution in [3.63, 3.8) is 0 Å². The Bertz CT molecular complexity index is 953. The summed E-state index contributed by atoms with van der Waals surface area (Å²) in [7, 11) is 0. The lowest BCUT2D eigenvalue weighted by atomic mass is 10.1. The smallest absolute Gasteiger partial charge is 0.251 e. The highest BCUT2D eigenvalue weighted by molar-refractivity contribution is 5.94. The number of anilines is 1. The molecule has 2 N–H and O–H groups in total. The van der Waals surface area contributed by atoms with Gasteiger partial charge in [0.25, 0.3) is 5.91 Å². The van der Waals surface area contributed by atoms with Crippen molar-refractivity contribution in [2.45, 2.75) is 33.2 Å². The minimum Gasteiger partial charge on any atom is -0.349 e. The average molecular weight is 437 g/mol. The van der Waals surface area contributed by atoms with Crippen molar-refractivity contribution in [3.8, 4) is 0 Å². The van der Waals surface area contributed by atoms with Crippen molar-refractivity contribution < 1.29 is 14.4 Å². The van der Waals surface area contributed by atoms with Crippen molar-refractivity contribution in [3.05, 3.63) is 65.2 Å². The van der Waals surface area contributed by atoms with Gasteiger partial charge in [0.05, 0.1) is 6.54 Å². The molecular weight excluding hydrogens is 404 g/mol. The molecular formula is C25H32N4O3. The van der Waals surface area contributed by atoms with Crippen LogP contribution in [-0.4, -0.2) is 66.3 Å². The van der Waals surface area contributed by atoms with E-state index in [9.17, 15) is 14.4 Å². The number of nitrogens with one attached hydrogen (secondary N) is 2. The van der Waals surface area contributed by atoms with Gasteiger partial charge in [0, 0.05) is 49.9 Å². The van der Waals surface area contributed by atoms with Crippen molar-refractivity contribution >= 4 is 23.4 Å². The van der Waals surface area contributed by atoms with Gasteiger partial charge in [-0.2, -0.15) is 0 Å². The van der Waals surface area contributed by atoms with E-state index in [1.165, 1.54) is 0 Å². The molecule has 1 fully saturated rings. The summed E-state index contributed by atoms with van der Waals surface area (Å²) in [6.45, 7) is 8.62. The number of benzene rings is 2. The summed E-state index contributed by atoms with van der Waals surface area (Å²) in [5, 5.41) is 5.87. The molecule has 1 aliphatic rings. The normalized spacial score (nSPS) is 15.2. The van der Waals surface area contributed by atoms with Gasteiger partial charge in [0.2, 0.25) is 11.8 Å². The van der Waals surface area contributed by atoms with Gasteiger partial charge in [-0.05, 0) is 50.1 Å². The zero-order valence-electron chi connectivity index (χ0n) is 19.1. The second-order valence-electron chi connectivity index (χ2n) is 8.40. The van der Waals surface area contributed by atoms with Crippen molar-refractivity contribution in [2.24, 2.45) is 0 Å². The van der Waals surface area contributed by atoms with Gasteiger partial charge in [-0.25, -0.2) is 0 Å². The van der Waals surface area contributed by atoms with Crippen molar-refractivity contribution in [2.75, 3.05) is 38.0 Å². The number of nitrogens with zero attached hydrogens (tertiary/aromatic N) is 2. The summed E-state index contributed by atoms with van der Waals surface area (Å²) < 4.78 is 0. The van der Waals surface area contributed by atoms with Gasteiger partial charge in [-0.1, -0.05) is 30.3 Å². The number of carbonyl (C=O) groups excluding carboxylic acids is 3. The van der Waals surface area contributed by atoms with E-state index >= 15 is 0 Å². The molecule has 0 aromatic heterocycles. The fourth-order valence-corrected chi connectivity index (χ4v) is 3.77. The Balaban J connectivity index is 1.40. The Kier molecular flexibility index (Phi) is 8.00. The van der Waals surface area contributed by atoms with E-state index < -0.39 is 0 Å². The first kappa shape index (κ1) is 23.5. The number of amides is 3. The van der Waals surface area contributed by atoms with Crippen LogP contribution in [0, 0.1) is 13.8 Å². The Labute approximate surface area is 189 Å². The second kappa shape index (κ2) is 10.9. The molecule has 7 nitrogen and oxygen atoms in total. The predicted molar refractivity (Wildman–Crippen MR) is 126 cm³/mol. The Morgan fingerprint density at radius 1 is 0.938 bits per heavy atom. The van der Waals surface area contributed by atoms with E-state index in [1.54, 1.807) is 12.1 Å². The molecule has 2 aromatic rings. The number of aryl methyl sites for hydroxylation is 1. The zero-order chi connectivity index (χ0) is 23.1. The molecule has 2 aromatic carbocycles. The third-order valence-electron chi connectivity index (χ3n) is 5.87. The molecule has 0 spiro atoms. The van der Waals surface area contributed by atoms with Crippen LogP contribution < -0.4 is 10.6 Å². The monoisotopic (exact) mass is 436 g/mol.